The summed E-state index contributed by atoms with van der Waals surface area (Å²) in [7, 11) is 3.89. The van der Waals surface area contributed by atoms with Crippen LogP contribution in [0.1, 0.15) is 27.0 Å². The Labute approximate surface area is 179 Å². The van der Waals surface area contributed by atoms with Crippen LogP contribution in [0, 0.1) is 0 Å². The normalized spacial score (nSPS) is 10.4. The number of carbonyl (C=O) groups is 2. The van der Waals surface area contributed by atoms with Crippen molar-refractivity contribution in [1.29, 1.82) is 0 Å². The van der Waals surface area contributed by atoms with Crippen LogP contribution in [0.3, 0.4) is 0 Å². The second-order valence-electron chi connectivity index (χ2n) is 6.66. The molecule has 30 heavy (non-hydrogen) atoms. The SMILES string of the molecule is CCOC(=O)c1sc(Nc2ccccc2)c(C(=O)Nc2ccc(N(C)C)cc2)c1N. The van der Waals surface area contributed by atoms with Crippen molar-refractivity contribution in [3.8, 4) is 0 Å². The summed E-state index contributed by atoms with van der Waals surface area (Å²) >= 11 is 1.10. The van der Waals surface area contributed by atoms with Crippen molar-refractivity contribution in [2.24, 2.45) is 0 Å². The molecule has 4 N–H and O–H groups in total. The molecule has 0 bridgehead atoms. The minimum atomic E-state index is -0.550. The van der Waals surface area contributed by atoms with Gasteiger partial charge in [0.2, 0.25) is 0 Å². The summed E-state index contributed by atoms with van der Waals surface area (Å²) in [5, 5.41) is 6.51. The molecule has 0 radical (unpaired) electrons. The monoisotopic (exact) mass is 424 g/mol. The van der Waals surface area contributed by atoms with E-state index < -0.39 is 11.9 Å². The van der Waals surface area contributed by atoms with Gasteiger partial charge < -0.3 is 26.0 Å². The molecule has 2 aromatic carbocycles. The maximum Gasteiger partial charge on any atom is 0.350 e. The molecule has 0 atom stereocenters. The zero-order valence-corrected chi connectivity index (χ0v) is 17.9. The van der Waals surface area contributed by atoms with Crippen molar-refractivity contribution in [2.75, 3.05) is 42.0 Å². The van der Waals surface area contributed by atoms with E-state index in [-0.39, 0.29) is 22.7 Å². The summed E-state index contributed by atoms with van der Waals surface area (Å²) in [4.78, 5) is 27.5. The molecule has 1 heterocycles. The lowest BCUT2D eigenvalue weighted by molar-refractivity contribution is 0.0533. The second-order valence-corrected chi connectivity index (χ2v) is 7.68. The van der Waals surface area contributed by atoms with Crippen molar-refractivity contribution in [3.63, 3.8) is 0 Å². The highest BCUT2D eigenvalue weighted by Gasteiger charge is 2.26. The zero-order valence-electron chi connectivity index (χ0n) is 17.1. The Kier molecular flexibility index (Phi) is 6.58. The molecule has 3 rings (SSSR count). The van der Waals surface area contributed by atoms with E-state index >= 15 is 0 Å². The number of hydrogen-bond donors (Lipinski definition) is 3. The smallest absolute Gasteiger partial charge is 0.350 e. The van der Waals surface area contributed by atoms with Crippen molar-refractivity contribution >= 4 is 51.0 Å². The van der Waals surface area contributed by atoms with Crippen LogP contribution in [0.5, 0.6) is 0 Å². The molecule has 1 aromatic heterocycles. The van der Waals surface area contributed by atoms with E-state index in [1.807, 2.05) is 73.6 Å². The molecule has 0 aliphatic carbocycles. The number of hydrogen-bond acceptors (Lipinski definition) is 7. The number of benzene rings is 2. The number of rotatable bonds is 7. The number of para-hydroxylation sites is 1. The molecular weight excluding hydrogens is 400 g/mol. The first-order chi connectivity index (χ1) is 14.4. The van der Waals surface area contributed by atoms with Gasteiger partial charge in [-0.2, -0.15) is 0 Å². The van der Waals surface area contributed by atoms with Crippen LogP contribution in [0.25, 0.3) is 0 Å². The van der Waals surface area contributed by atoms with Crippen LogP contribution >= 0.6 is 11.3 Å². The van der Waals surface area contributed by atoms with E-state index in [2.05, 4.69) is 10.6 Å². The summed E-state index contributed by atoms with van der Waals surface area (Å²) in [6.07, 6.45) is 0. The van der Waals surface area contributed by atoms with Crippen LogP contribution in [0.4, 0.5) is 27.8 Å². The lowest BCUT2D eigenvalue weighted by atomic mass is 10.2. The van der Waals surface area contributed by atoms with E-state index in [0.717, 1.165) is 22.7 Å². The molecule has 7 nitrogen and oxygen atoms in total. The standard InChI is InChI=1S/C22H24N4O3S/c1-4-29-22(28)19-18(23)17(21(30-19)25-14-8-6-5-7-9-14)20(27)24-15-10-12-16(13-11-15)26(2)3/h5-13,25H,4,23H2,1-3H3,(H,24,27). The molecule has 8 heteroatoms. The van der Waals surface area contributed by atoms with Crippen LogP contribution in [-0.4, -0.2) is 32.6 Å². The number of nitrogens with zero attached hydrogens (tertiary/aromatic N) is 1. The number of esters is 1. The average molecular weight is 425 g/mol. The fraction of sp³-hybridized carbons (Fsp3) is 0.182. The lowest BCUT2D eigenvalue weighted by Crippen LogP contribution is -2.15. The van der Waals surface area contributed by atoms with Crippen molar-refractivity contribution < 1.29 is 14.3 Å². The Morgan fingerprint density at radius 2 is 1.70 bits per heavy atom. The predicted molar refractivity (Wildman–Crippen MR) is 123 cm³/mol. The Morgan fingerprint density at radius 1 is 1.03 bits per heavy atom. The van der Waals surface area contributed by atoms with Gasteiger partial charge in [-0.05, 0) is 43.3 Å². The summed E-state index contributed by atoms with van der Waals surface area (Å²) in [6.45, 7) is 1.94. The van der Waals surface area contributed by atoms with E-state index in [4.69, 9.17) is 10.5 Å². The van der Waals surface area contributed by atoms with Crippen LogP contribution < -0.4 is 21.3 Å². The van der Waals surface area contributed by atoms with E-state index in [1.54, 1.807) is 6.92 Å². The molecule has 0 saturated heterocycles. The van der Waals surface area contributed by atoms with Crippen molar-refractivity contribution in [2.45, 2.75) is 6.92 Å². The highest BCUT2D eigenvalue weighted by molar-refractivity contribution is 7.19. The molecule has 0 aliphatic rings. The number of amides is 1. The molecular formula is C22H24N4O3S. The Bertz CT molecular complexity index is 1030. The summed E-state index contributed by atoms with van der Waals surface area (Å²) in [6, 6.07) is 16.8. The maximum atomic E-state index is 13.1. The van der Waals surface area contributed by atoms with E-state index in [1.165, 1.54) is 0 Å². The van der Waals surface area contributed by atoms with Gasteiger partial charge in [-0.3, -0.25) is 4.79 Å². The Balaban J connectivity index is 1.93. The molecule has 0 spiro atoms. The molecule has 156 valence electrons. The third kappa shape index (κ3) is 4.72. The highest BCUT2D eigenvalue weighted by atomic mass is 32.1. The highest BCUT2D eigenvalue weighted by Crippen LogP contribution is 2.38. The number of ether oxygens (including phenoxy) is 1. The second kappa shape index (κ2) is 9.32. The Hall–Kier alpha value is -3.52. The Morgan fingerprint density at radius 3 is 2.30 bits per heavy atom. The lowest BCUT2D eigenvalue weighted by Gasteiger charge is -2.13. The number of nitrogen functional groups attached to an aromatic ring is 1. The zero-order chi connectivity index (χ0) is 21.7. The van der Waals surface area contributed by atoms with Gasteiger partial charge in [0, 0.05) is 31.2 Å². The van der Waals surface area contributed by atoms with Gasteiger partial charge in [0.1, 0.15) is 9.88 Å². The molecule has 0 fully saturated rings. The third-order valence-electron chi connectivity index (χ3n) is 4.31. The largest absolute Gasteiger partial charge is 0.462 e. The average Bonchev–Trinajstić information content (AvgIpc) is 3.05. The van der Waals surface area contributed by atoms with Gasteiger partial charge in [-0.1, -0.05) is 18.2 Å². The third-order valence-corrected chi connectivity index (χ3v) is 5.41. The maximum absolute atomic E-state index is 13.1. The van der Waals surface area contributed by atoms with E-state index in [0.29, 0.717) is 10.7 Å². The topological polar surface area (TPSA) is 96.7 Å². The first-order valence-electron chi connectivity index (χ1n) is 9.41. The quantitative estimate of drug-likeness (QED) is 0.481. The number of thiophene rings is 1. The van der Waals surface area contributed by atoms with Crippen molar-refractivity contribution in [1.82, 2.24) is 0 Å². The van der Waals surface area contributed by atoms with Gasteiger partial charge in [-0.15, -0.1) is 11.3 Å². The van der Waals surface area contributed by atoms with Gasteiger partial charge in [0.25, 0.3) is 5.91 Å². The molecule has 3 aromatic rings. The van der Waals surface area contributed by atoms with Crippen molar-refractivity contribution in [3.05, 3.63) is 65.0 Å². The minimum absolute atomic E-state index is 0.0966. The minimum Gasteiger partial charge on any atom is -0.462 e. The molecule has 0 saturated carbocycles. The van der Waals surface area contributed by atoms with Gasteiger partial charge in [-0.25, -0.2) is 4.79 Å². The number of carbonyl (C=O) groups excluding carboxylic acids is 2. The fourth-order valence-corrected chi connectivity index (χ4v) is 3.83. The fourth-order valence-electron chi connectivity index (χ4n) is 2.79. The molecule has 0 aliphatic heterocycles. The molecule has 0 unspecified atom stereocenters. The summed E-state index contributed by atoms with van der Waals surface area (Å²) < 4.78 is 5.09. The van der Waals surface area contributed by atoms with Gasteiger partial charge in [0.05, 0.1) is 17.9 Å². The van der Waals surface area contributed by atoms with Gasteiger partial charge >= 0.3 is 5.97 Å². The number of nitrogens with one attached hydrogen (secondary N) is 2. The molecule has 1 amide bonds. The van der Waals surface area contributed by atoms with E-state index in [9.17, 15) is 9.59 Å². The van der Waals surface area contributed by atoms with Crippen LogP contribution in [0.2, 0.25) is 0 Å². The number of anilines is 5. The van der Waals surface area contributed by atoms with Crippen LogP contribution in [-0.2, 0) is 4.74 Å². The summed E-state index contributed by atoms with van der Waals surface area (Å²) in [5.41, 5.74) is 8.93. The van der Waals surface area contributed by atoms with Crippen LogP contribution in [0.15, 0.2) is 54.6 Å². The summed E-state index contributed by atoms with van der Waals surface area (Å²) in [5.74, 6) is -0.958. The first kappa shape index (κ1) is 21.2. The number of nitrogens with two attached hydrogens (primary N) is 1. The van der Waals surface area contributed by atoms with Gasteiger partial charge in [0.15, 0.2) is 0 Å². The first-order valence-corrected chi connectivity index (χ1v) is 10.2. The predicted octanol–water partition coefficient (Wildman–Crippen LogP) is 4.57.